The summed E-state index contributed by atoms with van der Waals surface area (Å²) in [7, 11) is 1.64. The highest BCUT2D eigenvalue weighted by molar-refractivity contribution is 9.10. The standard InChI is InChI=1S/C14H13BrN2O2/c1-19-9-10-3-2-4-13(5-10)17-14(18)11-6-12(15)8-16-7-11/h2-8H,9H2,1H3,(H,17,18). The SMILES string of the molecule is COCc1cccc(NC(=O)c2cncc(Br)c2)c1. The van der Waals surface area contributed by atoms with Crippen molar-refractivity contribution >= 4 is 27.5 Å². The van der Waals surface area contributed by atoms with Crippen LogP contribution in [0.1, 0.15) is 15.9 Å². The van der Waals surface area contributed by atoms with Crippen molar-refractivity contribution in [1.29, 1.82) is 0 Å². The van der Waals surface area contributed by atoms with E-state index in [4.69, 9.17) is 4.74 Å². The van der Waals surface area contributed by atoms with Gasteiger partial charge in [-0.3, -0.25) is 9.78 Å². The van der Waals surface area contributed by atoms with E-state index in [9.17, 15) is 4.79 Å². The van der Waals surface area contributed by atoms with Crippen molar-refractivity contribution in [2.45, 2.75) is 6.61 Å². The van der Waals surface area contributed by atoms with Gasteiger partial charge >= 0.3 is 0 Å². The molecule has 0 aliphatic rings. The Hall–Kier alpha value is -1.72. The zero-order valence-electron chi connectivity index (χ0n) is 10.4. The second-order valence-corrected chi connectivity index (χ2v) is 4.90. The zero-order chi connectivity index (χ0) is 13.7. The molecule has 0 bridgehead atoms. The van der Waals surface area contributed by atoms with Crippen LogP contribution in [0.5, 0.6) is 0 Å². The zero-order valence-corrected chi connectivity index (χ0v) is 12.0. The highest BCUT2D eigenvalue weighted by Crippen LogP contribution is 2.14. The highest BCUT2D eigenvalue weighted by atomic mass is 79.9. The average molecular weight is 321 g/mol. The summed E-state index contributed by atoms with van der Waals surface area (Å²) < 4.78 is 5.83. The number of benzene rings is 1. The van der Waals surface area contributed by atoms with E-state index in [1.165, 1.54) is 6.20 Å². The number of nitrogens with zero attached hydrogens (tertiary/aromatic N) is 1. The van der Waals surface area contributed by atoms with Crippen LogP contribution in [0.4, 0.5) is 5.69 Å². The molecule has 0 saturated carbocycles. The first kappa shape index (κ1) is 13.7. The first-order valence-electron chi connectivity index (χ1n) is 5.69. The van der Waals surface area contributed by atoms with Gasteiger partial charge in [0.2, 0.25) is 0 Å². The summed E-state index contributed by atoms with van der Waals surface area (Å²) in [5.74, 6) is -0.191. The van der Waals surface area contributed by atoms with Gasteiger partial charge < -0.3 is 10.1 Å². The summed E-state index contributed by atoms with van der Waals surface area (Å²) in [6, 6.07) is 9.26. The fourth-order valence-electron chi connectivity index (χ4n) is 1.64. The summed E-state index contributed by atoms with van der Waals surface area (Å²) >= 11 is 3.29. The molecule has 0 atom stereocenters. The highest BCUT2D eigenvalue weighted by Gasteiger charge is 2.07. The van der Waals surface area contributed by atoms with Crippen molar-refractivity contribution in [2.24, 2.45) is 0 Å². The van der Waals surface area contributed by atoms with Gasteiger partial charge in [-0.15, -0.1) is 0 Å². The number of carbonyl (C=O) groups is 1. The number of rotatable bonds is 4. The molecule has 0 saturated heterocycles. The Balaban J connectivity index is 2.12. The third-order valence-electron chi connectivity index (χ3n) is 2.46. The van der Waals surface area contributed by atoms with Gasteiger partial charge in [0.25, 0.3) is 5.91 Å². The Morgan fingerprint density at radius 1 is 1.37 bits per heavy atom. The molecule has 1 heterocycles. The van der Waals surface area contributed by atoms with Gasteiger partial charge in [-0.05, 0) is 39.7 Å². The van der Waals surface area contributed by atoms with E-state index >= 15 is 0 Å². The Bertz CT molecular complexity index is 587. The van der Waals surface area contributed by atoms with Gasteiger partial charge in [0.15, 0.2) is 0 Å². The number of anilines is 1. The number of nitrogens with one attached hydrogen (secondary N) is 1. The molecule has 0 unspecified atom stereocenters. The number of hydrogen-bond donors (Lipinski definition) is 1. The third kappa shape index (κ3) is 3.87. The predicted octanol–water partition coefficient (Wildman–Crippen LogP) is 3.24. The molecule has 0 spiro atoms. The molecule has 1 N–H and O–H groups in total. The summed E-state index contributed by atoms with van der Waals surface area (Å²) in [5, 5.41) is 2.83. The molecule has 0 fully saturated rings. The second kappa shape index (κ2) is 6.45. The lowest BCUT2D eigenvalue weighted by atomic mass is 10.2. The molecule has 0 radical (unpaired) electrons. The minimum absolute atomic E-state index is 0.191. The van der Waals surface area contributed by atoms with Crippen LogP contribution in [0.2, 0.25) is 0 Å². The Morgan fingerprint density at radius 3 is 2.95 bits per heavy atom. The maximum Gasteiger partial charge on any atom is 0.257 e. The number of halogens is 1. The first-order valence-corrected chi connectivity index (χ1v) is 6.48. The van der Waals surface area contributed by atoms with E-state index in [0.29, 0.717) is 12.2 Å². The smallest absolute Gasteiger partial charge is 0.257 e. The summed E-state index contributed by atoms with van der Waals surface area (Å²) in [5.41, 5.74) is 2.25. The van der Waals surface area contributed by atoms with E-state index in [1.807, 2.05) is 24.3 Å². The molecule has 4 nitrogen and oxygen atoms in total. The second-order valence-electron chi connectivity index (χ2n) is 3.98. The Morgan fingerprint density at radius 2 is 2.21 bits per heavy atom. The van der Waals surface area contributed by atoms with Gasteiger partial charge in [-0.2, -0.15) is 0 Å². The van der Waals surface area contributed by atoms with E-state index in [1.54, 1.807) is 19.4 Å². The lowest BCUT2D eigenvalue weighted by Gasteiger charge is -2.07. The van der Waals surface area contributed by atoms with Gasteiger partial charge in [-0.1, -0.05) is 12.1 Å². The van der Waals surface area contributed by atoms with E-state index in [2.05, 4.69) is 26.2 Å². The largest absolute Gasteiger partial charge is 0.380 e. The van der Waals surface area contributed by atoms with Crippen LogP contribution in [0.25, 0.3) is 0 Å². The molecule has 0 aliphatic carbocycles. The summed E-state index contributed by atoms with van der Waals surface area (Å²) in [6.07, 6.45) is 3.16. The van der Waals surface area contributed by atoms with Crippen LogP contribution in [0.3, 0.4) is 0 Å². The van der Waals surface area contributed by atoms with E-state index in [-0.39, 0.29) is 5.91 Å². The molecule has 0 aliphatic heterocycles. The maximum absolute atomic E-state index is 12.0. The fourth-order valence-corrected chi connectivity index (χ4v) is 2.01. The van der Waals surface area contributed by atoms with Gasteiger partial charge in [0.05, 0.1) is 12.2 Å². The van der Waals surface area contributed by atoms with Crippen molar-refractivity contribution in [3.63, 3.8) is 0 Å². The van der Waals surface area contributed by atoms with Crippen LogP contribution < -0.4 is 5.32 Å². The van der Waals surface area contributed by atoms with Crippen LogP contribution in [0.15, 0.2) is 47.2 Å². The summed E-state index contributed by atoms with van der Waals surface area (Å²) in [6.45, 7) is 0.516. The van der Waals surface area contributed by atoms with Crippen molar-refractivity contribution in [2.75, 3.05) is 12.4 Å². The number of aromatic nitrogens is 1. The molecule has 98 valence electrons. The molecular weight excluding hydrogens is 308 g/mol. The molecule has 5 heteroatoms. The lowest BCUT2D eigenvalue weighted by molar-refractivity contribution is 0.102. The van der Waals surface area contributed by atoms with E-state index in [0.717, 1.165) is 15.7 Å². The number of methoxy groups -OCH3 is 1. The minimum Gasteiger partial charge on any atom is -0.380 e. The van der Waals surface area contributed by atoms with Gasteiger partial charge in [0.1, 0.15) is 0 Å². The minimum atomic E-state index is -0.191. The molecule has 1 aromatic heterocycles. The number of hydrogen-bond acceptors (Lipinski definition) is 3. The molecule has 1 aromatic carbocycles. The monoisotopic (exact) mass is 320 g/mol. The predicted molar refractivity (Wildman–Crippen MR) is 77.0 cm³/mol. The summed E-state index contributed by atoms with van der Waals surface area (Å²) in [4.78, 5) is 16.0. The molecule has 2 aromatic rings. The van der Waals surface area contributed by atoms with Crippen molar-refractivity contribution in [3.05, 3.63) is 58.3 Å². The Kier molecular flexibility index (Phi) is 4.65. The van der Waals surface area contributed by atoms with Crippen LogP contribution in [-0.4, -0.2) is 18.0 Å². The fraction of sp³-hybridized carbons (Fsp3) is 0.143. The number of pyridine rings is 1. The lowest BCUT2D eigenvalue weighted by Crippen LogP contribution is -2.12. The average Bonchev–Trinajstić information content (AvgIpc) is 2.39. The van der Waals surface area contributed by atoms with Crippen molar-refractivity contribution in [1.82, 2.24) is 4.98 Å². The normalized spacial score (nSPS) is 10.2. The van der Waals surface area contributed by atoms with Gasteiger partial charge in [-0.25, -0.2) is 0 Å². The first-order chi connectivity index (χ1) is 9.19. The van der Waals surface area contributed by atoms with Crippen LogP contribution >= 0.6 is 15.9 Å². The topological polar surface area (TPSA) is 51.2 Å². The van der Waals surface area contributed by atoms with Crippen molar-refractivity contribution in [3.8, 4) is 0 Å². The van der Waals surface area contributed by atoms with Crippen molar-refractivity contribution < 1.29 is 9.53 Å². The molecule has 1 amide bonds. The van der Waals surface area contributed by atoms with Crippen LogP contribution in [0, 0.1) is 0 Å². The molecule has 19 heavy (non-hydrogen) atoms. The number of amides is 1. The van der Waals surface area contributed by atoms with Gasteiger partial charge in [0, 0.05) is 29.7 Å². The maximum atomic E-state index is 12.0. The Labute approximate surface area is 119 Å². The van der Waals surface area contributed by atoms with E-state index < -0.39 is 0 Å². The number of ether oxygens (including phenoxy) is 1. The quantitative estimate of drug-likeness (QED) is 0.940. The molecular formula is C14H13BrN2O2. The number of carbonyl (C=O) groups excluding carboxylic acids is 1. The molecule has 2 rings (SSSR count). The third-order valence-corrected chi connectivity index (χ3v) is 2.90. The van der Waals surface area contributed by atoms with Crippen LogP contribution in [-0.2, 0) is 11.3 Å².